The van der Waals surface area contributed by atoms with E-state index in [-0.39, 0.29) is 17.2 Å². The van der Waals surface area contributed by atoms with E-state index in [1.807, 2.05) is 30.0 Å². The van der Waals surface area contributed by atoms with E-state index in [4.69, 9.17) is 0 Å². The van der Waals surface area contributed by atoms with E-state index in [2.05, 4.69) is 29.0 Å². The molecule has 1 saturated heterocycles. The smallest absolute Gasteiger partial charge is 0.253 e. The fraction of sp³-hybridized carbons (Fsp3) is 0.526. The summed E-state index contributed by atoms with van der Waals surface area (Å²) in [5.74, 6) is 2.12. The van der Waals surface area contributed by atoms with Gasteiger partial charge in [-0.1, -0.05) is 12.5 Å². The van der Waals surface area contributed by atoms with Gasteiger partial charge in [-0.15, -0.1) is 0 Å². The fourth-order valence-electron chi connectivity index (χ4n) is 4.19. The number of nitrogens with one attached hydrogen (secondary N) is 1. The molecule has 1 aliphatic carbocycles. The number of aryl methyl sites for hydroxylation is 3. The van der Waals surface area contributed by atoms with Gasteiger partial charge < -0.3 is 4.90 Å². The summed E-state index contributed by atoms with van der Waals surface area (Å²) in [6, 6.07) is 5.99. The molecule has 2 fully saturated rings. The zero-order valence-corrected chi connectivity index (χ0v) is 14.6. The van der Waals surface area contributed by atoms with Crippen LogP contribution in [0.1, 0.15) is 58.3 Å². The average molecular weight is 324 g/mol. The molecule has 2 aromatic rings. The molecule has 5 nitrogen and oxygen atoms in total. The third-order valence-electron chi connectivity index (χ3n) is 5.96. The van der Waals surface area contributed by atoms with Gasteiger partial charge in [0.15, 0.2) is 5.82 Å². The second-order valence-electron chi connectivity index (χ2n) is 7.53. The van der Waals surface area contributed by atoms with Gasteiger partial charge in [-0.05, 0) is 62.3 Å². The van der Waals surface area contributed by atoms with Crippen LogP contribution >= 0.6 is 0 Å². The molecule has 5 heteroatoms. The zero-order chi connectivity index (χ0) is 16.9. The molecular weight excluding hydrogens is 300 g/mol. The van der Waals surface area contributed by atoms with Crippen LogP contribution in [0.5, 0.6) is 0 Å². The van der Waals surface area contributed by atoms with Crippen LogP contribution in [0.4, 0.5) is 0 Å². The largest absolute Gasteiger partial charge is 0.337 e. The number of benzene rings is 1. The van der Waals surface area contributed by atoms with Gasteiger partial charge in [0.05, 0.1) is 0 Å². The van der Waals surface area contributed by atoms with Crippen LogP contribution in [-0.2, 0) is 0 Å². The summed E-state index contributed by atoms with van der Waals surface area (Å²) in [7, 11) is 0. The van der Waals surface area contributed by atoms with E-state index in [0.29, 0.717) is 0 Å². The van der Waals surface area contributed by atoms with Crippen LogP contribution in [-0.4, -0.2) is 39.1 Å². The molecule has 1 amide bonds. The number of aromatic nitrogens is 3. The van der Waals surface area contributed by atoms with Crippen molar-refractivity contribution in [2.75, 3.05) is 13.1 Å². The second-order valence-corrected chi connectivity index (χ2v) is 7.53. The van der Waals surface area contributed by atoms with E-state index in [1.54, 1.807) is 0 Å². The fourth-order valence-corrected chi connectivity index (χ4v) is 4.19. The van der Waals surface area contributed by atoms with E-state index in [1.165, 1.54) is 30.4 Å². The van der Waals surface area contributed by atoms with Crippen LogP contribution in [0.25, 0.3) is 0 Å². The first-order valence-electron chi connectivity index (χ1n) is 8.74. The van der Waals surface area contributed by atoms with Crippen LogP contribution < -0.4 is 0 Å². The van der Waals surface area contributed by atoms with Gasteiger partial charge in [0, 0.05) is 24.6 Å². The molecule has 1 unspecified atom stereocenters. The van der Waals surface area contributed by atoms with Crippen molar-refractivity contribution < 1.29 is 4.79 Å². The lowest BCUT2D eigenvalue weighted by Gasteiger charge is -2.41. The number of likely N-dealkylation sites (tertiary alicyclic amines) is 1. The van der Waals surface area contributed by atoms with Gasteiger partial charge in [0.1, 0.15) is 5.82 Å². The summed E-state index contributed by atoms with van der Waals surface area (Å²) < 4.78 is 0. The van der Waals surface area contributed by atoms with Crippen molar-refractivity contribution in [3.63, 3.8) is 0 Å². The second kappa shape index (κ2) is 5.43. The quantitative estimate of drug-likeness (QED) is 0.923. The lowest BCUT2D eigenvalue weighted by Crippen LogP contribution is -2.38. The first-order valence-corrected chi connectivity index (χ1v) is 8.74. The first-order chi connectivity index (χ1) is 11.5. The number of H-pyrrole nitrogens is 1. The highest BCUT2D eigenvalue weighted by atomic mass is 16.2. The zero-order valence-electron chi connectivity index (χ0n) is 14.6. The monoisotopic (exact) mass is 324 g/mol. The molecule has 1 saturated carbocycles. The molecule has 2 heterocycles. The maximum Gasteiger partial charge on any atom is 0.253 e. The van der Waals surface area contributed by atoms with Crippen molar-refractivity contribution in [1.82, 2.24) is 20.1 Å². The molecule has 1 aromatic heterocycles. The number of rotatable bonds is 2. The molecule has 2 aliphatic rings. The third kappa shape index (κ3) is 2.34. The van der Waals surface area contributed by atoms with Gasteiger partial charge in [0.2, 0.25) is 0 Å². The molecule has 1 spiro atoms. The van der Waals surface area contributed by atoms with Gasteiger partial charge in [-0.2, -0.15) is 5.10 Å². The van der Waals surface area contributed by atoms with Gasteiger partial charge in [-0.25, -0.2) is 4.98 Å². The molecule has 0 bridgehead atoms. The topological polar surface area (TPSA) is 61.9 Å². The minimum Gasteiger partial charge on any atom is -0.337 e. The van der Waals surface area contributed by atoms with Crippen molar-refractivity contribution in [2.45, 2.75) is 46.0 Å². The Bertz CT molecular complexity index is 790. The summed E-state index contributed by atoms with van der Waals surface area (Å²) in [5, 5.41) is 7.35. The van der Waals surface area contributed by atoms with E-state index in [0.717, 1.165) is 30.3 Å². The first kappa shape index (κ1) is 15.4. The predicted molar refractivity (Wildman–Crippen MR) is 92.0 cm³/mol. The maximum atomic E-state index is 13.0. The molecular formula is C19H24N4O. The Hall–Kier alpha value is -2.17. The minimum atomic E-state index is 0.138. The summed E-state index contributed by atoms with van der Waals surface area (Å²) >= 11 is 0. The molecule has 126 valence electrons. The Labute approximate surface area is 142 Å². The van der Waals surface area contributed by atoms with Gasteiger partial charge in [-0.3, -0.25) is 9.89 Å². The van der Waals surface area contributed by atoms with Crippen LogP contribution in [0.3, 0.4) is 0 Å². The number of aromatic amines is 1. The number of carbonyl (C=O) groups is 1. The average Bonchev–Trinajstić information content (AvgIpc) is 3.12. The molecule has 4 rings (SSSR count). The molecule has 24 heavy (non-hydrogen) atoms. The predicted octanol–water partition coefficient (Wildman–Crippen LogP) is 3.14. The van der Waals surface area contributed by atoms with Crippen molar-refractivity contribution >= 4 is 5.91 Å². The number of hydrogen-bond acceptors (Lipinski definition) is 3. The van der Waals surface area contributed by atoms with Crippen LogP contribution in [0.2, 0.25) is 0 Å². The third-order valence-corrected chi connectivity index (χ3v) is 5.96. The van der Waals surface area contributed by atoms with Crippen molar-refractivity contribution in [2.24, 2.45) is 5.41 Å². The Balaban J connectivity index is 1.61. The molecule has 1 aromatic carbocycles. The molecule has 0 radical (unpaired) electrons. The summed E-state index contributed by atoms with van der Waals surface area (Å²) in [4.78, 5) is 19.6. The van der Waals surface area contributed by atoms with Crippen molar-refractivity contribution in [3.8, 4) is 0 Å². The van der Waals surface area contributed by atoms with Gasteiger partial charge >= 0.3 is 0 Å². The molecule has 1 N–H and O–H groups in total. The highest BCUT2D eigenvalue weighted by Crippen LogP contribution is 2.55. The number of amides is 1. The standard InChI is InChI=1S/C19H24N4O/c1-12-5-6-15(9-13(12)2)18(24)23-10-16(17-20-14(3)21-22-17)19(11-23)7-4-8-19/h5-6,9,16H,4,7-8,10-11H2,1-3H3,(H,20,21,22). The van der Waals surface area contributed by atoms with Crippen molar-refractivity contribution in [3.05, 3.63) is 46.5 Å². The Morgan fingerprint density at radius 3 is 2.62 bits per heavy atom. The van der Waals surface area contributed by atoms with E-state index < -0.39 is 0 Å². The lowest BCUT2D eigenvalue weighted by molar-refractivity contribution is 0.0724. The minimum absolute atomic E-state index is 0.138. The number of nitrogens with zero attached hydrogens (tertiary/aromatic N) is 3. The Morgan fingerprint density at radius 2 is 2.04 bits per heavy atom. The van der Waals surface area contributed by atoms with E-state index in [9.17, 15) is 4.79 Å². The highest BCUT2D eigenvalue weighted by Gasteiger charge is 2.53. The van der Waals surface area contributed by atoms with Gasteiger partial charge in [0.25, 0.3) is 5.91 Å². The molecule has 1 aliphatic heterocycles. The summed E-state index contributed by atoms with van der Waals surface area (Å²) in [5.41, 5.74) is 3.36. The Kier molecular flexibility index (Phi) is 3.48. The normalized spacial score (nSPS) is 22.0. The highest BCUT2D eigenvalue weighted by molar-refractivity contribution is 5.94. The van der Waals surface area contributed by atoms with Crippen molar-refractivity contribution in [1.29, 1.82) is 0 Å². The SMILES string of the molecule is Cc1nc(C2CN(C(=O)c3ccc(C)c(C)c3)CC23CCC3)n[nH]1. The summed E-state index contributed by atoms with van der Waals surface area (Å²) in [6.45, 7) is 7.62. The lowest BCUT2D eigenvalue weighted by atomic mass is 9.62. The van der Waals surface area contributed by atoms with E-state index >= 15 is 0 Å². The Morgan fingerprint density at radius 1 is 1.25 bits per heavy atom. The van der Waals surface area contributed by atoms with Crippen LogP contribution in [0, 0.1) is 26.2 Å². The summed E-state index contributed by atoms with van der Waals surface area (Å²) in [6.07, 6.45) is 3.58. The van der Waals surface area contributed by atoms with Crippen LogP contribution in [0.15, 0.2) is 18.2 Å². The maximum absolute atomic E-state index is 13.0. The number of hydrogen-bond donors (Lipinski definition) is 1. The number of carbonyl (C=O) groups excluding carboxylic acids is 1. The molecule has 1 atom stereocenters.